The third-order valence-electron chi connectivity index (χ3n) is 2.80. The molecular weight excluding hydrogens is 246 g/mol. The van der Waals surface area contributed by atoms with E-state index in [4.69, 9.17) is 4.74 Å². The Morgan fingerprint density at radius 3 is 2.44 bits per heavy atom. The lowest BCUT2D eigenvalue weighted by Crippen LogP contribution is -2.41. The number of thioether (sulfide) groups is 1. The molecule has 0 saturated carbocycles. The van der Waals surface area contributed by atoms with Crippen LogP contribution in [0.5, 0.6) is 0 Å². The molecule has 3 nitrogen and oxygen atoms in total. The Morgan fingerprint density at radius 2 is 1.83 bits per heavy atom. The Balaban J connectivity index is 3.45. The molecule has 0 aromatic carbocycles. The molecule has 0 heterocycles. The quantitative estimate of drug-likeness (QED) is 0.330. The highest BCUT2D eigenvalue weighted by Gasteiger charge is 2.13. The summed E-state index contributed by atoms with van der Waals surface area (Å²) in [7, 11) is 4.46. The third kappa shape index (κ3) is 10.9. The molecule has 0 rings (SSSR count). The number of esters is 1. The van der Waals surface area contributed by atoms with Gasteiger partial charge in [-0.15, -0.1) is 0 Å². The standard InChI is InChI=1S/C14H30NO2S/c1-5-9-15(3,4)10-7-11-17-14(16)8-13-18-12-6-2/h5-13H2,1-4H3/q+1. The van der Waals surface area contributed by atoms with Crippen molar-refractivity contribution in [2.24, 2.45) is 0 Å². The molecule has 0 aromatic rings. The van der Waals surface area contributed by atoms with Gasteiger partial charge in [0.05, 0.1) is 40.2 Å². The molecule has 0 amide bonds. The van der Waals surface area contributed by atoms with Crippen LogP contribution in [0.4, 0.5) is 0 Å². The van der Waals surface area contributed by atoms with E-state index in [1.807, 2.05) is 11.8 Å². The number of carbonyl (C=O) groups is 1. The fraction of sp³-hybridized carbons (Fsp3) is 0.929. The summed E-state index contributed by atoms with van der Waals surface area (Å²) in [5, 5.41) is 0. The van der Waals surface area contributed by atoms with Crippen molar-refractivity contribution in [1.29, 1.82) is 0 Å². The smallest absolute Gasteiger partial charge is 0.306 e. The average molecular weight is 276 g/mol. The van der Waals surface area contributed by atoms with Crippen LogP contribution in [-0.4, -0.2) is 55.7 Å². The predicted octanol–water partition coefficient (Wildman–Crippen LogP) is 2.94. The van der Waals surface area contributed by atoms with Crippen LogP contribution in [-0.2, 0) is 9.53 Å². The second kappa shape index (κ2) is 10.7. The normalized spacial score (nSPS) is 11.6. The predicted molar refractivity (Wildman–Crippen MR) is 79.9 cm³/mol. The fourth-order valence-electron chi connectivity index (χ4n) is 1.87. The molecule has 0 bridgehead atoms. The maximum atomic E-state index is 11.4. The van der Waals surface area contributed by atoms with Crippen LogP contribution in [0.2, 0.25) is 0 Å². The first kappa shape index (κ1) is 17.8. The minimum absolute atomic E-state index is 0.0422. The maximum Gasteiger partial charge on any atom is 0.306 e. The number of ether oxygens (including phenoxy) is 1. The number of carbonyl (C=O) groups excluding carboxylic acids is 1. The van der Waals surface area contributed by atoms with Crippen LogP contribution < -0.4 is 0 Å². The summed E-state index contributed by atoms with van der Waals surface area (Å²) in [6, 6.07) is 0. The number of nitrogens with zero attached hydrogens (tertiary/aromatic N) is 1. The lowest BCUT2D eigenvalue weighted by Gasteiger charge is -2.29. The van der Waals surface area contributed by atoms with Crippen LogP contribution in [0.1, 0.15) is 39.5 Å². The molecule has 108 valence electrons. The number of quaternary nitrogens is 1. The van der Waals surface area contributed by atoms with Gasteiger partial charge >= 0.3 is 5.97 Å². The van der Waals surface area contributed by atoms with Crippen molar-refractivity contribution in [1.82, 2.24) is 0 Å². The highest BCUT2D eigenvalue weighted by atomic mass is 32.2. The van der Waals surface area contributed by atoms with Crippen LogP contribution >= 0.6 is 11.8 Å². The van der Waals surface area contributed by atoms with Crippen molar-refractivity contribution in [3.8, 4) is 0 Å². The molecule has 0 aliphatic carbocycles. The van der Waals surface area contributed by atoms with E-state index in [1.54, 1.807) is 0 Å². The molecule has 0 N–H and O–H groups in total. The van der Waals surface area contributed by atoms with E-state index in [9.17, 15) is 4.79 Å². The summed E-state index contributed by atoms with van der Waals surface area (Å²) >= 11 is 1.83. The van der Waals surface area contributed by atoms with Crippen molar-refractivity contribution in [2.45, 2.75) is 39.5 Å². The van der Waals surface area contributed by atoms with E-state index in [0.717, 1.165) is 29.0 Å². The average Bonchev–Trinajstić information content (AvgIpc) is 2.30. The molecule has 0 radical (unpaired) electrons. The first-order chi connectivity index (χ1) is 8.52. The number of rotatable bonds is 11. The van der Waals surface area contributed by atoms with Gasteiger partial charge in [0, 0.05) is 12.2 Å². The first-order valence-corrected chi connectivity index (χ1v) is 8.22. The Hall–Kier alpha value is -0.220. The zero-order valence-electron chi connectivity index (χ0n) is 12.5. The molecule has 0 aliphatic heterocycles. The van der Waals surface area contributed by atoms with Gasteiger partial charge in [0.15, 0.2) is 0 Å². The van der Waals surface area contributed by atoms with E-state index in [0.29, 0.717) is 13.0 Å². The molecule has 0 fully saturated rings. The Bertz CT molecular complexity index is 220. The zero-order chi connectivity index (χ0) is 13.9. The molecule has 0 aliphatic rings. The van der Waals surface area contributed by atoms with Gasteiger partial charge in [-0.2, -0.15) is 11.8 Å². The van der Waals surface area contributed by atoms with Gasteiger partial charge in [-0.1, -0.05) is 13.8 Å². The van der Waals surface area contributed by atoms with Gasteiger partial charge in [-0.05, 0) is 18.6 Å². The minimum atomic E-state index is -0.0422. The molecule has 4 heteroatoms. The molecule has 0 saturated heterocycles. The van der Waals surface area contributed by atoms with Crippen LogP contribution in [0, 0.1) is 0 Å². The SMILES string of the molecule is CCCSCCC(=O)OCCC[N+](C)(C)CCC. The Kier molecular flexibility index (Phi) is 10.5. The van der Waals surface area contributed by atoms with Gasteiger partial charge in [-0.25, -0.2) is 0 Å². The van der Waals surface area contributed by atoms with E-state index in [-0.39, 0.29) is 5.97 Å². The molecule has 0 spiro atoms. The lowest BCUT2D eigenvalue weighted by atomic mass is 10.3. The largest absolute Gasteiger partial charge is 0.465 e. The minimum Gasteiger partial charge on any atom is -0.465 e. The van der Waals surface area contributed by atoms with Crippen molar-refractivity contribution in [3.63, 3.8) is 0 Å². The molecule has 0 atom stereocenters. The Morgan fingerprint density at radius 1 is 1.11 bits per heavy atom. The summed E-state index contributed by atoms with van der Waals surface area (Å²) in [5.74, 6) is 1.99. The van der Waals surface area contributed by atoms with Gasteiger partial charge in [0.25, 0.3) is 0 Å². The van der Waals surface area contributed by atoms with E-state index >= 15 is 0 Å². The summed E-state index contributed by atoms with van der Waals surface area (Å²) in [5.41, 5.74) is 0. The van der Waals surface area contributed by atoms with Crippen molar-refractivity contribution in [3.05, 3.63) is 0 Å². The summed E-state index contributed by atoms with van der Waals surface area (Å²) in [4.78, 5) is 11.4. The fourth-order valence-corrected chi connectivity index (χ4v) is 2.67. The first-order valence-electron chi connectivity index (χ1n) is 7.07. The van der Waals surface area contributed by atoms with Crippen LogP contribution in [0.3, 0.4) is 0 Å². The summed E-state index contributed by atoms with van der Waals surface area (Å²) in [6.07, 6.45) is 3.88. The molecule has 18 heavy (non-hydrogen) atoms. The third-order valence-corrected chi connectivity index (χ3v) is 3.99. The summed E-state index contributed by atoms with van der Waals surface area (Å²) in [6.45, 7) is 7.19. The van der Waals surface area contributed by atoms with Gasteiger partial charge < -0.3 is 9.22 Å². The topological polar surface area (TPSA) is 26.3 Å². The van der Waals surface area contributed by atoms with Crippen molar-refractivity contribution < 1.29 is 14.0 Å². The van der Waals surface area contributed by atoms with Gasteiger partial charge in [-0.3, -0.25) is 4.79 Å². The van der Waals surface area contributed by atoms with E-state index in [1.165, 1.54) is 19.4 Å². The number of hydrogen-bond acceptors (Lipinski definition) is 3. The van der Waals surface area contributed by atoms with Crippen LogP contribution in [0.15, 0.2) is 0 Å². The van der Waals surface area contributed by atoms with Crippen molar-refractivity contribution in [2.75, 3.05) is 45.3 Å². The molecule has 0 aromatic heterocycles. The number of hydrogen-bond donors (Lipinski definition) is 0. The lowest BCUT2D eigenvalue weighted by molar-refractivity contribution is -0.890. The van der Waals surface area contributed by atoms with Gasteiger partial charge in [0.2, 0.25) is 0 Å². The highest BCUT2D eigenvalue weighted by molar-refractivity contribution is 7.99. The Labute approximate surface area is 117 Å². The molecule has 0 unspecified atom stereocenters. The van der Waals surface area contributed by atoms with E-state index in [2.05, 4.69) is 27.9 Å². The second-order valence-electron chi connectivity index (χ2n) is 5.32. The van der Waals surface area contributed by atoms with E-state index < -0.39 is 0 Å². The maximum absolute atomic E-state index is 11.4. The van der Waals surface area contributed by atoms with Crippen molar-refractivity contribution >= 4 is 17.7 Å². The summed E-state index contributed by atoms with van der Waals surface area (Å²) < 4.78 is 6.25. The zero-order valence-corrected chi connectivity index (χ0v) is 13.4. The molecular formula is C14H30NO2S+. The highest BCUT2D eigenvalue weighted by Crippen LogP contribution is 2.05. The van der Waals surface area contributed by atoms with Crippen LogP contribution in [0.25, 0.3) is 0 Å². The monoisotopic (exact) mass is 276 g/mol. The van der Waals surface area contributed by atoms with Gasteiger partial charge in [0.1, 0.15) is 0 Å². The second-order valence-corrected chi connectivity index (χ2v) is 6.54.